The van der Waals surface area contributed by atoms with Crippen molar-refractivity contribution in [1.29, 1.82) is 0 Å². The fraction of sp³-hybridized carbons (Fsp3) is 0.190. The highest BCUT2D eigenvalue weighted by atomic mass is 16.5. The Labute approximate surface area is 160 Å². The van der Waals surface area contributed by atoms with Crippen molar-refractivity contribution in [2.75, 3.05) is 7.11 Å². The van der Waals surface area contributed by atoms with E-state index in [1.807, 2.05) is 0 Å². The summed E-state index contributed by atoms with van der Waals surface area (Å²) in [5, 5.41) is 3.19. The summed E-state index contributed by atoms with van der Waals surface area (Å²) in [5.74, 6) is -0.213. The van der Waals surface area contributed by atoms with Gasteiger partial charge in [-0.1, -0.05) is 0 Å². The van der Waals surface area contributed by atoms with Crippen LogP contribution in [0.3, 0.4) is 0 Å². The van der Waals surface area contributed by atoms with Gasteiger partial charge < -0.3 is 19.2 Å². The molecule has 144 valence electrons. The molecule has 1 N–H and O–H groups in total. The highest BCUT2D eigenvalue weighted by molar-refractivity contribution is 5.97. The Morgan fingerprint density at radius 1 is 1.00 bits per heavy atom. The smallest absolute Gasteiger partial charge is 0.349 e. The van der Waals surface area contributed by atoms with Crippen molar-refractivity contribution >= 4 is 22.8 Å². The zero-order chi connectivity index (χ0) is 20.3. The number of rotatable bonds is 5. The van der Waals surface area contributed by atoms with E-state index in [2.05, 4.69) is 5.32 Å². The lowest BCUT2D eigenvalue weighted by atomic mass is 10.1. The van der Waals surface area contributed by atoms with Crippen molar-refractivity contribution in [3.63, 3.8) is 0 Å². The maximum absolute atomic E-state index is 12.3. The van der Waals surface area contributed by atoms with E-state index < -0.39 is 17.5 Å². The zero-order valence-corrected chi connectivity index (χ0v) is 15.6. The Morgan fingerprint density at radius 2 is 1.68 bits per heavy atom. The Kier molecular flexibility index (Phi) is 5.44. The number of carbonyl (C=O) groups excluding carboxylic acids is 2. The first-order valence-electron chi connectivity index (χ1n) is 8.62. The molecule has 0 bridgehead atoms. The van der Waals surface area contributed by atoms with Crippen LogP contribution in [-0.4, -0.2) is 25.0 Å². The topological polar surface area (TPSA) is 94.8 Å². The fourth-order valence-electron chi connectivity index (χ4n) is 2.55. The molecule has 0 saturated carbocycles. The molecule has 0 saturated heterocycles. The van der Waals surface area contributed by atoms with Crippen LogP contribution < -0.4 is 20.4 Å². The van der Waals surface area contributed by atoms with E-state index in [0.29, 0.717) is 16.7 Å². The van der Waals surface area contributed by atoms with Crippen LogP contribution in [0.1, 0.15) is 34.6 Å². The summed E-state index contributed by atoms with van der Waals surface area (Å²) >= 11 is 0. The van der Waals surface area contributed by atoms with Crippen molar-refractivity contribution in [2.24, 2.45) is 0 Å². The second-order valence-corrected chi connectivity index (χ2v) is 6.39. The highest BCUT2D eigenvalue weighted by Crippen LogP contribution is 2.22. The largest absolute Gasteiger partial charge is 0.497 e. The SMILES string of the molecule is COc1ccc(C(=O)Oc2ccc3cc(C(=O)NC(C)C)c(=O)oc3c2)cc1. The minimum Gasteiger partial charge on any atom is -0.497 e. The third-order valence-corrected chi connectivity index (χ3v) is 3.91. The van der Waals surface area contributed by atoms with E-state index in [4.69, 9.17) is 13.9 Å². The Morgan fingerprint density at radius 3 is 2.32 bits per heavy atom. The lowest BCUT2D eigenvalue weighted by molar-refractivity contribution is 0.0734. The average Bonchev–Trinajstić information content (AvgIpc) is 2.66. The molecule has 0 spiro atoms. The molecule has 3 rings (SSSR count). The molecule has 1 amide bonds. The second kappa shape index (κ2) is 7.96. The molecule has 0 unspecified atom stereocenters. The molecule has 1 heterocycles. The predicted octanol–water partition coefficient (Wildman–Crippen LogP) is 3.16. The predicted molar refractivity (Wildman–Crippen MR) is 103 cm³/mol. The van der Waals surface area contributed by atoms with E-state index in [1.165, 1.54) is 19.2 Å². The standard InChI is InChI=1S/C21H19NO6/c1-12(2)22-19(23)17-10-14-6-9-16(11-18(14)28-21(17)25)27-20(24)13-4-7-15(26-3)8-5-13/h4-12H,1-3H3,(H,22,23). The molecule has 0 aliphatic heterocycles. The van der Waals surface area contributed by atoms with E-state index in [1.54, 1.807) is 50.2 Å². The molecule has 28 heavy (non-hydrogen) atoms. The number of hydrogen-bond acceptors (Lipinski definition) is 6. The Balaban J connectivity index is 1.84. The number of methoxy groups -OCH3 is 1. The van der Waals surface area contributed by atoms with Gasteiger partial charge in [0.2, 0.25) is 0 Å². The summed E-state index contributed by atoms with van der Waals surface area (Å²) in [6, 6.07) is 12.4. The van der Waals surface area contributed by atoms with Gasteiger partial charge in [0.1, 0.15) is 22.6 Å². The molecular weight excluding hydrogens is 362 g/mol. The molecule has 0 aliphatic carbocycles. The van der Waals surface area contributed by atoms with E-state index >= 15 is 0 Å². The number of amides is 1. The maximum atomic E-state index is 12.3. The highest BCUT2D eigenvalue weighted by Gasteiger charge is 2.15. The zero-order valence-electron chi connectivity index (χ0n) is 15.6. The monoisotopic (exact) mass is 381 g/mol. The third kappa shape index (κ3) is 4.20. The molecule has 0 fully saturated rings. The number of nitrogens with one attached hydrogen (secondary N) is 1. The van der Waals surface area contributed by atoms with Crippen LogP contribution in [0.4, 0.5) is 0 Å². The number of esters is 1. The van der Waals surface area contributed by atoms with Gasteiger partial charge in [-0.3, -0.25) is 4.79 Å². The van der Waals surface area contributed by atoms with Gasteiger partial charge in [-0.2, -0.15) is 0 Å². The first-order valence-corrected chi connectivity index (χ1v) is 8.62. The quantitative estimate of drug-likeness (QED) is 0.414. The molecule has 3 aromatic rings. The van der Waals surface area contributed by atoms with E-state index in [9.17, 15) is 14.4 Å². The summed E-state index contributed by atoms with van der Waals surface area (Å²) in [5.41, 5.74) is -0.275. The summed E-state index contributed by atoms with van der Waals surface area (Å²) < 4.78 is 15.6. The first kappa shape index (κ1) is 19.2. The van der Waals surface area contributed by atoms with Crippen molar-refractivity contribution < 1.29 is 23.5 Å². The van der Waals surface area contributed by atoms with Crippen LogP contribution in [0.25, 0.3) is 11.0 Å². The average molecular weight is 381 g/mol. The molecule has 0 radical (unpaired) electrons. The van der Waals surface area contributed by atoms with Crippen LogP contribution in [0, 0.1) is 0 Å². The van der Waals surface area contributed by atoms with Gasteiger partial charge in [0.15, 0.2) is 0 Å². The summed E-state index contributed by atoms with van der Waals surface area (Å²) in [6.07, 6.45) is 0. The normalized spacial score (nSPS) is 10.7. The number of hydrogen-bond donors (Lipinski definition) is 1. The number of ether oxygens (including phenoxy) is 2. The van der Waals surface area contributed by atoms with Crippen molar-refractivity contribution in [2.45, 2.75) is 19.9 Å². The molecule has 0 aliphatic rings. The molecule has 7 nitrogen and oxygen atoms in total. The second-order valence-electron chi connectivity index (χ2n) is 6.39. The lowest BCUT2D eigenvalue weighted by Crippen LogP contribution is -2.33. The van der Waals surface area contributed by atoms with Crippen molar-refractivity contribution in [1.82, 2.24) is 5.32 Å². The maximum Gasteiger partial charge on any atom is 0.349 e. The minimum atomic E-state index is -0.760. The summed E-state index contributed by atoms with van der Waals surface area (Å²) in [6.45, 7) is 3.59. The number of benzene rings is 2. The summed E-state index contributed by atoms with van der Waals surface area (Å²) in [4.78, 5) is 36.5. The number of fused-ring (bicyclic) bond motifs is 1. The Hall–Kier alpha value is -3.61. The molecule has 7 heteroatoms. The van der Waals surface area contributed by atoms with Crippen LogP contribution in [-0.2, 0) is 0 Å². The summed E-state index contributed by atoms with van der Waals surface area (Å²) in [7, 11) is 1.54. The van der Waals surface area contributed by atoms with Gasteiger partial charge in [-0.05, 0) is 56.3 Å². The molecular formula is C21H19NO6. The van der Waals surface area contributed by atoms with Crippen LogP contribution >= 0.6 is 0 Å². The van der Waals surface area contributed by atoms with E-state index in [-0.39, 0.29) is 22.9 Å². The fourth-order valence-corrected chi connectivity index (χ4v) is 2.55. The first-order chi connectivity index (χ1) is 13.4. The minimum absolute atomic E-state index is 0.0795. The van der Waals surface area contributed by atoms with Crippen LogP contribution in [0.2, 0.25) is 0 Å². The number of carbonyl (C=O) groups is 2. The van der Waals surface area contributed by atoms with Gasteiger partial charge in [0.05, 0.1) is 12.7 Å². The third-order valence-electron chi connectivity index (χ3n) is 3.91. The van der Waals surface area contributed by atoms with E-state index in [0.717, 1.165) is 0 Å². The molecule has 0 atom stereocenters. The van der Waals surface area contributed by atoms with Gasteiger partial charge in [0, 0.05) is 17.5 Å². The van der Waals surface area contributed by atoms with Gasteiger partial charge >= 0.3 is 11.6 Å². The molecule has 2 aromatic carbocycles. The van der Waals surface area contributed by atoms with Gasteiger partial charge in [0.25, 0.3) is 5.91 Å². The van der Waals surface area contributed by atoms with Crippen molar-refractivity contribution in [3.8, 4) is 11.5 Å². The molecule has 1 aromatic heterocycles. The Bertz CT molecular complexity index is 1080. The van der Waals surface area contributed by atoms with Crippen LogP contribution in [0.5, 0.6) is 11.5 Å². The van der Waals surface area contributed by atoms with Gasteiger partial charge in [-0.15, -0.1) is 0 Å². The van der Waals surface area contributed by atoms with Crippen LogP contribution in [0.15, 0.2) is 57.7 Å². The van der Waals surface area contributed by atoms with Crippen molar-refractivity contribution in [3.05, 3.63) is 70.1 Å². The lowest BCUT2D eigenvalue weighted by Gasteiger charge is -2.09. The van der Waals surface area contributed by atoms with Gasteiger partial charge in [-0.25, -0.2) is 9.59 Å².